The first kappa shape index (κ1) is 17.8. The molecule has 2 saturated heterocycles. The van der Waals surface area contributed by atoms with Crippen molar-refractivity contribution in [2.24, 2.45) is 0 Å². The number of amides is 4. The number of rotatable bonds is 5. The molecule has 1 aromatic rings. The lowest BCUT2D eigenvalue weighted by atomic mass is 10.1. The number of nitrogens with one attached hydrogen (secondary N) is 1. The summed E-state index contributed by atoms with van der Waals surface area (Å²) in [7, 11) is 0. The summed E-state index contributed by atoms with van der Waals surface area (Å²) in [5.74, 6) is -0.979. The standard InChI is InChI=1S/C19H21N3O4/c1-2-21(15-12-16(23)20-19(15)26)18(25)10-7-13-5-8-14(9-6-13)22-11-3-4-17(22)24/h5-10,15H,2-4,11-12H2,1H3,(H,20,23,26)/b10-7-/t15-/m1/s1. The SMILES string of the molecule is CCN(C(=O)/C=C\c1ccc(N2CCCC2=O)cc1)[C@@H]1CC(=O)NC1=O. The first-order valence-corrected chi connectivity index (χ1v) is 8.72. The maximum atomic E-state index is 12.4. The molecular weight excluding hydrogens is 334 g/mol. The molecule has 2 fully saturated rings. The van der Waals surface area contributed by atoms with E-state index >= 15 is 0 Å². The Hall–Kier alpha value is -2.96. The van der Waals surface area contributed by atoms with Crippen LogP contribution in [0.5, 0.6) is 0 Å². The van der Waals surface area contributed by atoms with Crippen LogP contribution in [0.4, 0.5) is 5.69 Å². The molecule has 7 heteroatoms. The third-order valence-corrected chi connectivity index (χ3v) is 4.64. The fourth-order valence-corrected chi connectivity index (χ4v) is 3.27. The summed E-state index contributed by atoms with van der Waals surface area (Å²) in [5, 5.41) is 2.22. The van der Waals surface area contributed by atoms with Gasteiger partial charge in [-0.2, -0.15) is 0 Å². The van der Waals surface area contributed by atoms with Crippen LogP contribution >= 0.6 is 0 Å². The Kier molecular flexibility index (Phi) is 5.16. The minimum absolute atomic E-state index is 0.00478. The van der Waals surface area contributed by atoms with E-state index in [1.165, 1.54) is 11.0 Å². The van der Waals surface area contributed by atoms with Crippen molar-refractivity contribution >= 4 is 35.4 Å². The Morgan fingerprint density at radius 2 is 2.00 bits per heavy atom. The van der Waals surface area contributed by atoms with Gasteiger partial charge in [-0.15, -0.1) is 0 Å². The zero-order valence-corrected chi connectivity index (χ0v) is 14.6. The van der Waals surface area contributed by atoms with Crippen molar-refractivity contribution in [1.82, 2.24) is 10.2 Å². The predicted octanol–water partition coefficient (Wildman–Crippen LogP) is 1.09. The average Bonchev–Trinajstić information content (AvgIpc) is 3.19. The van der Waals surface area contributed by atoms with Crippen molar-refractivity contribution in [3.63, 3.8) is 0 Å². The third-order valence-electron chi connectivity index (χ3n) is 4.64. The summed E-state index contributed by atoms with van der Waals surface area (Å²) >= 11 is 0. The summed E-state index contributed by atoms with van der Waals surface area (Å²) in [4.78, 5) is 50.4. The van der Waals surface area contributed by atoms with E-state index in [0.717, 1.165) is 24.2 Å². The van der Waals surface area contributed by atoms with Crippen molar-refractivity contribution in [3.8, 4) is 0 Å². The van der Waals surface area contributed by atoms with Gasteiger partial charge in [-0.25, -0.2) is 0 Å². The highest BCUT2D eigenvalue weighted by Crippen LogP contribution is 2.22. The van der Waals surface area contributed by atoms with Gasteiger partial charge in [-0.3, -0.25) is 24.5 Å². The number of carbonyl (C=O) groups excluding carboxylic acids is 4. The summed E-state index contributed by atoms with van der Waals surface area (Å²) in [6, 6.07) is 6.65. The number of anilines is 1. The molecule has 1 aromatic carbocycles. The van der Waals surface area contributed by atoms with Gasteiger partial charge in [0, 0.05) is 31.3 Å². The largest absolute Gasteiger partial charge is 0.327 e. The summed E-state index contributed by atoms with van der Waals surface area (Å²) in [6.07, 6.45) is 4.52. The number of imide groups is 1. The third kappa shape index (κ3) is 3.66. The Labute approximate surface area is 151 Å². The summed E-state index contributed by atoms with van der Waals surface area (Å²) in [5.41, 5.74) is 1.67. The smallest absolute Gasteiger partial charge is 0.249 e. The molecular formula is C19H21N3O4. The van der Waals surface area contributed by atoms with E-state index in [1.54, 1.807) is 17.9 Å². The van der Waals surface area contributed by atoms with Crippen molar-refractivity contribution in [2.45, 2.75) is 32.2 Å². The lowest BCUT2D eigenvalue weighted by Crippen LogP contribution is -2.43. The lowest BCUT2D eigenvalue weighted by molar-refractivity contribution is -0.135. The Morgan fingerprint density at radius 1 is 1.27 bits per heavy atom. The molecule has 0 spiro atoms. The van der Waals surface area contributed by atoms with Crippen LogP contribution in [0.15, 0.2) is 30.3 Å². The van der Waals surface area contributed by atoms with Crippen LogP contribution < -0.4 is 10.2 Å². The van der Waals surface area contributed by atoms with Crippen molar-refractivity contribution in [2.75, 3.05) is 18.0 Å². The molecule has 0 saturated carbocycles. The molecule has 2 aliphatic rings. The van der Waals surface area contributed by atoms with Gasteiger partial charge in [0.1, 0.15) is 6.04 Å². The second-order valence-electron chi connectivity index (χ2n) is 6.33. The highest BCUT2D eigenvalue weighted by Gasteiger charge is 2.36. The molecule has 0 aromatic heterocycles. The molecule has 7 nitrogen and oxygen atoms in total. The Morgan fingerprint density at radius 3 is 2.54 bits per heavy atom. The molecule has 1 N–H and O–H groups in total. The number of likely N-dealkylation sites (N-methyl/N-ethyl adjacent to an activating group) is 1. The van der Waals surface area contributed by atoms with E-state index in [-0.39, 0.29) is 24.1 Å². The van der Waals surface area contributed by atoms with E-state index in [2.05, 4.69) is 5.32 Å². The van der Waals surface area contributed by atoms with E-state index in [1.807, 2.05) is 24.3 Å². The van der Waals surface area contributed by atoms with E-state index in [0.29, 0.717) is 13.0 Å². The zero-order chi connectivity index (χ0) is 18.7. The number of nitrogens with zero attached hydrogens (tertiary/aromatic N) is 2. The topological polar surface area (TPSA) is 86.8 Å². The Bertz CT molecular complexity index is 769. The van der Waals surface area contributed by atoms with Gasteiger partial charge in [-0.05, 0) is 37.1 Å². The number of carbonyl (C=O) groups is 4. The van der Waals surface area contributed by atoms with Crippen LogP contribution in [0.1, 0.15) is 31.7 Å². The van der Waals surface area contributed by atoms with Gasteiger partial charge in [0.25, 0.3) is 0 Å². The number of hydrogen-bond acceptors (Lipinski definition) is 4. The lowest BCUT2D eigenvalue weighted by Gasteiger charge is -2.23. The van der Waals surface area contributed by atoms with E-state index < -0.39 is 11.9 Å². The molecule has 0 unspecified atom stereocenters. The molecule has 3 rings (SSSR count). The van der Waals surface area contributed by atoms with Crippen LogP contribution in [0.25, 0.3) is 6.08 Å². The van der Waals surface area contributed by atoms with E-state index in [9.17, 15) is 19.2 Å². The van der Waals surface area contributed by atoms with Crippen LogP contribution in [0.2, 0.25) is 0 Å². The van der Waals surface area contributed by atoms with Crippen LogP contribution in [0.3, 0.4) is 0 Å². The molecule has 2 heterocycles. The first-order chi connectivity index (χ1) is 12.5. The molecule has 1 atom stereocenters. The van der Waals surface area contributed by atoms with Crippen LogP contribution in [-0.2, 0) is 19.2 Å². The van der Waals surface area contributed by atoms with Gasteiger partial charge in [0.15, 0.2) is 0 Å². The number of benzene rings is 1. The average molecular weight is 355 g/mol. The highest BCUT2D eigenvalue weighted by molar-refractivity contribution is 6.07. The Balaban J connectivity index is 1.66. The second kappa shape index (κ2) is 7.51. The molecule has 26 heavy (non-hydrogen) atoms. The van der Waals surface area contributed by atoms with E-state index in [4.69, 9.17) is 0 Å². The van der Waals surface area contributed by atoms with Gasteiger partial charge in [0.05, 0.1) is 6.42 Å². The summed E-state index contributed by atoms with van der Waals surface area (Å²) in [6.45, 7) is 2.84. The molecule has 2 aliphatic heterocycles. The monoisotopic (exact) mass is 355 g/mol. The molecule has 4 amide bonds. The first-order valence-electron chi connectivity index (χ1n) is 8.72. The van der Waals surface area contributed by atoms with Gasteiger partial charge in [0.2, 0.25) is 23.6 Å². The van der Waals surface area contributed by atoms with Crippen LogP contribution in [-0.4, -0.2) is 47.7 Å². The van der Waals surface area contributed by atoms with Crippen LogP contribution in [0, 0.1) is 0 Å². The normalized spacial score (nSPS) is 20.1. The highest BCUT2D eigenvalue weighted by atomic mass is 16.2. The summed E-state index contributed by atoms with van der Waals surface area (Å²) < 4.78 is 0. The number of hydrogen-bond donors (Lipinski definition) is 1. The fraction of sp³-hybridized carbons (Fsp3) is 0.368. The quantitative estimate of drug-likeness (QED) is 0.633. The van der Waals surface area contributed by atoms with Crippen molar-refractivity contribution in [3.05, 3.63) is 35.9 Å². The maximum Gasteiger partial charge on any atom is 0.249 e. The maximum absolute atomic E-state index is 12.4. The van der Waals surface area contributed by atoms with Gasteiger partial charge >= 0.3 is 0 Å². The van der Waals surface area contributed by atoms with Crippen molar-refractivity contribution < 1.29 is 19.2 Å². The molecule has 0 aliphatic carbocycles. The predicted molar refractivity (Wildman–Crippen MR) is 96.0 cm³/mol. The minimum atomic E-state index is -0.742. The van der Waals surface area contributed by atoms with Crippen molar-refractivity contribution in [1.29, 1.82) is 0 Å². The fourth-order valence-electron chi connectivity index (χ4n) is 3.27. The van der Waals surface area contributed by atoms with Gasteiger partial charge < -0.3 is 9.80 Å². The molecule has 0 bridgehead atoms. The second-order valence-corrected chi connectivity index (χ2v) is 6.33. The van der Waals surface area contributed by atoms with Gasteiger partial charge in [-0.1, -0.05) is 12.1 Å². The minimum Gasteiger partial charge on any atom is -0.327 e. The zero-order valence-electron chi connectivity index (χ0n) is 14.6. The molecule has 136 valence electrons. The molecule has 0 radical (unpaired) electrons.